The second kappa shape index (κ2) is 8.71. The van der Waals surface area contributed by atoms with Crippen LogP contribution in [0.4, 0.5) is 0 Å². The number of aromatic nitrogens is 2. The van der Waals surface area contributed by atoms with Gasteiger partial charge in [-0.15, -0.1) is 0 Å². The molecule has 2 aromatic rings. The number of hydrogen-bond donors (Lipinski definition) is 0. The van der Waals surface area contributed by atoms with Crippen LogP contribution in [0, 0.1) is 5.92 Å². The van der Waals surface area contributed by atoms with Crippen molar-refractivity contribution in [3.05, 3.63) is 35.1 Å². The van der Waals surface area contributed by atoms with Crippen LogP contribution in [0.1, 0.15) is 43.7 Å². The van der Waals surface area contributed by atoms with Gasteiger partial charge in [0.05, 0.1) is 10.9 Å². The molecule has 2 aromatic heterocycles. The van der Waals surface area contributed by atoms with Crippen LogP contribution in [-0.2, 0) is 14.3 Å². The third-order valence-corrected chi connectivity index (χ3v) is 7.10. The summed E-state index contributed by atoms with van der Waals surface area (Å²) in [5, 5.41) is 1.54. The summed E-state index contributed by atoms with van der Waals surface area (Å²) < 4.78 is 5.41. The van der Waals surface area contributed by atoms with Crippen molar-refractivity contribution in [3.8, 4) is 0 Å². The molecule has 0 N–H and O–H groups in total. The number of fused-ring (bicyclic) bond motifs is 1. The largest absolute Gasteiger partial charge is 0.381 e. The molecule has 0 radical (unpaired) electrons. The quantitative estimate of drug-likeness (QED) is 0.730. The highest BCUT2D eigenvalue weighted by molar-refractivity contribution is 6.31. The van der Waals surface area contributed by atoms with E-state index in [1.165, 1.54) is 0 Å². The van der Waals surface area contributed by atoms with Crippen molar-refractivity contribution in [3.63, 3.8) is 0 Å². The molecule has 0 saturated carbocycles. The Morgan fingerprint density at radius 2 is 1.90 bits per heavy atom. The van der Waals surface area contributed by atoms with Crippen LogP contribution in [0.3, 0.4) is 0 Å². The lowest BCUT2D eigenvalue weighted by atomic mass is 9.92. The van der Waals surface area contributed by atoms with E-state index in [1.54, 1.807) is 6.20 Å². The van der Waals surface area contributed by atoms with Crippen LogP contribution < -0.4 is 0 Å². The molecule has 2 amide bonds. The number of hydrogen-bond acceptors (Lipinski definition) is 5. The summed E-state index contributed by atoms with van der Waals surface area (Å²) in [4.78, 5) is 38.6. The smallest absolute Gasteiger partial charge is 0.227 e. The van der Waals surface area contributed by atoms with E-state index >= 15 is 0 Å². The first kappa shape index (κ1) is 20.6. The molecular formula is C23H27ClN4O3. The highest BCUT2D eigenvalue weighted by Gasteiger charge is 2.40. The zero-order valence-electron chi connectivity index (χ0n) is 17.5. The molecule has 3 aliphatic heterocycles. The molecule has 8 heteroatoms. The normalized spacial score (nSPS) is 23.6. The topological polar surface area (TPSA) is 75.6 Å². The predicted octanol–water partition coefficient (Wildman–Crippen LogP) is 3.02. The number of pyridine rings is 2. The second-order valence-corrected chi connectivity index (χ2v) is 9.26. The van der Waals surface area contributed by atoms with Gasteiger partial charge in [0.25, 0.3) is 0 Å². The first-order chi connectivity index (χ1) is 15.1. The van der Waals surface area contributed by atoms with Crippen molar-refractivity contribution in [1.29, 1.82) is 0 Å². The molecule has 5 heterocycles. The molecule has 0 bridgehead atoms. The van der Waals surface area contributed by atoms with Gasteiger partial charge >= 0.3 is 0 Å². The van der Waals surface area contributed by atoms with Crippen molar-refractivity contribution in [2.75, 3.05) is 32.8 Å². The Hall–Kier alpha value is -2.25. The summed E-state index contributed by atoms with van der Waals surface area (Å²) in [6.07, 6.45) is 5.46. The van der Waals surface area contributed by atoms with Crippen molar-refractivity contribution < 1.29 is 14.3 Å². The molecule has 7 nitrogen and oxygen atoms in total. The first-order valence-electron chi connectivity index (χ1n) is 11.2. The van der Waals surface area contributed by atoms with E-state index in [0.717, 1.165) is 36.8 Å². The van der Waals surface area contributed by atoms with Gasteiger partial charge in [-0.2, -0.15) is 0 Å². The fraction of sp³-hybridized carbons (Fsp3) is 0.565. The van der Waals surface area contributed by atoms with E-state index in [4.69, 9.17) is 21.3 Å². The minimum Gasteiger partial charge on any atom is -0.381 e. The standard InChI is InChI=1S/C23H27ClN4O3/c24-18-11-16-1-2-20(26-22(16)25-13-18)15-3-7-27(8-4-15)23(30)17-12-21(29)28(14-17)19-5-9-31-10-6-19/h1-2,11,13,15,17,19H,3-10,12,14H2. The molecule has 0 aliphatic carbocycles. The lowest BCUT2D eigenvalue weighted by molar-refractivity contribution is -0.136. The van der Waals surface area contributed by atoms with Crippen molar-refractivity contribution in [2.45, 2.75) is 44.1 Å². The van der Waals surface area contributed by atoms with Crippen molar-refractivity contribution >= 4 is 34.4 Å². The molecule has 3 fully saturated rings. The molecule has 1 unspecified atom stereocenters. The Kier molecular flexibility index (Phi) is 5.80. The Bertz CT molecular complexity index is 986. The zero-order chi connectivity index (χ0) is 21.4. The summed E-state index contributed by atoms with van der Waals surface area (Å²) in [6, 6.07) is 6.16. The highest BCUT2D eigenvalue weighted by Crippen LogP contribution is 2.31. The molecule has 3 saturated heterocycles. The molecule has 3 aliphatic rings. The van der Waals surface area contributed by atoms with Gasteiger partial charge in [0, 0.05) is 68.5 Å². The van der Waals surface area contributed by atoms with Crippen LogP contribution >= 0.6 is 11.6 Å². The van der Waals surface area contributed by atoms with E-state index in [9.17, 15) is 9.59 Å². The Labute approximate surface area is 186 Å². The monoisotopic (exact) mass is 442 g/mol. The van der Waals surface area contributed by atoms with E-state index < -0.39 is 0 Å². The summed E-state index contributed by atoms with van der Waals surface area (Å²) in [7, 11) is 0. The highest BCUT2D eigenvalue weighted by atomic mass is 35.5. The molecule has 1 atom stereocenters. The van der Waals surface area contributed by atoms with Gasteiger partial charge in [-0.05, 0) is 43.9 Å². The Morgan fingerprint density at radius 1 is 1.13 bits per heavy atom. The molecular weight excluding hydrogens is 416 g/mol. The number of amides is 2. The van der Waals surface area contributed by atoms with Crippen LogP contribution in [0.2, 0.25) is 5.02 Å². The van der Waals surface area contributed by atoms with Gasteiger partial charge in [-0.3, -0.25) is 9.59 Å². The van der Waals surface area contributed by atoms with Crippen LogP contribution in [0.15, 0.2) is 24.4 Å². The number of piperidine rings is 1. The zero-order valence-corrected chi connectivity index (χ0v) is 18.3. The number of carbonyl (C=O) groups is 2. The molecule has 0 spiro atoms. The second-order valence-electron chi connectivity index (χ2n) is 8.83. The van der Waals surface area contributed by atoms with E-state index in [0.29, 0.717) is 55.9 Å². The van der Waals surface area contributed by atoms with Gasteiger partial charge in [0.1, 0.15) is 0 Å². The molecule has 31 heavy (non-hydrogen) atoms. The van der Waals surface area contributed by atoms with Crippen molar-refractivity contribution in [1.82, 2.24) is 19.8 Å². The maximum atomic E-state index is 13.1. The summed E-state index contributed by atoms with van der Waals surface area (Å²) in [5.74, 6) is 0.353. The average Bonchev–Trinajstić information content (AvgIpc) is 3.20. The maximum absolute atomic E-state index is 13.1. The minimum absolute atomic E-state index is 0.119. The van der Waals surface area contributed by atoms with Crippen LogP contribution in [0.25, 0.3) is 11.0 Å². The number of rotatable bonds is 3. The fourth-order valence-corrected chi connectivity index (χ4v) is 5.29. The van der Waals surface area contributed by atoms with Crippen LogP contribution in [-0.4, -0.2) is 70.5 Å². The summed E-state index contributed by atoms with van der Waals surface area (Å²) in [5.41, 5.74) is 1.73. The summed E-state index contributed by atoms with van der Waals surface area (Å²) in [6.45, 7) is 3.37. The van der Waals surface area contributed by atoms with E-state index in [2.05, 4.69) is 4.98 Å². The molecule has 164 valence electrons. The van der Waals surface area contributed by atoms with E-state index in [1.807, 2.05) is 28.0 Å². The lowest BCUT2D eigenvalue weighted by Gasteiger charge is -2.34. The first-order valence-corrected chi connectivity index (χ1v) is 11.5. The number of carbonyl (C=O) groups excluding carboxylic acids is 2. The van der Waals surface area contributed by atoms with Gasteiger partial charge in [-0.1, -0.05) is 11.6 Å². The molecule has 5 rings (SSSR count). The number of halogens is 1. The molecule has 0 aromatic carbocycles. The average molecular weight is 443 g/mol. The van der Waals surface area contributed by atoms with E-state index in [-0.39, 0.29) is 23.8 Å². The third-order valence-electron chi connectivity index (χ3n) is 6.89. The summed E-state index contributed by atoms with van der Waals surface area (Å²) >= 11 is 6.01. The maximum Gasteiger partial charge on any atom is 0.227 e. The fourth-order valence-electron chi connectivity index (χ4n) is 5.13. The Morgan fingerprint density at radius 3 is 2.68 bits per heavy atom. The SMILES string of the molecule is O=C(C1CC(=O)N(C2CCOCC2)C1)N1CCC(c2ccc3cc(Cl)cnc3n2)CC1. The predicted molar refractivity (Wildman–Crippen MR) is 117 cm³/mol. The van der Waals surface area contributed by atoms with Gasteiger partial charge in [0.15, 0.2) is 5.65 Å². The lowest BCUT2D eigenvalue weighted by Crippen LogP contribution is -2.44. The minimum atomic E-state index is -0.209. The number of ether oxygens (including phenoxy) is 1. The van der Waals surface area contributed by atoms with Crippen LogP contribution in [0.5, 0.6) is 0 Å². The third kappa shape index (κ3) is 4.26. The van der Waals surface area contributed by atoms with Gasteiger partial charge in [-0.25, -0.2) is 9.97 Å². The van der Waals surface area contributed by atoms with Crippen molar-refractivity contribution in [2.24, 2.45) is 5.92 Å². The van der Waals surface area contributed by atoms with Gasteiger partial charge in [0.2, 0.25) is 11.8 Å². The van der Waals surface area contributed by atoms with Gasteiger partial charge < -0.3 is 14.5 Å². The Balaban J connectivity index is 1.19. The number of likely N-dealkylation sites (tertiary alicyclic amines) is 2. The number of nitrogens with zero attached hydrogens (tertiary/aromatic N) is 4.